The van der Waals surface area contributed by atoms with Gasteiger partial charge in [-0.25, -0.2) is 4.39 Å². The number of anilines is 1. The first kappa shape index (κ1) is 14.0. The lowest BCUT2D eigenvalue weighted by Crippen LogP contribution is -2.38. The lowest BCUT2D eigenvalue weighted by Gasteiger charge is -2.28. The fourth-order valence-corrected chi connectivity index (χ4v) is 2.01. The molecule has 22 heavy (non-hydrogen) atoms. The summed E-state index contributed by atoms with van der Waals surface area (Å²) in [5.41, 5.74) is 0.274. The highest BCUT2D eigenvalue weighted by Gasteiger charge is 2.28. The number of rotatable bonds is 3. The van der Waals surface area contributed by atoms with Crippen LogP contribution in [0.3, 0.4) is 0 Å². The second-order valence-corrected chi connectivity index (χ2v) is 4.47. The van der Waals surface area contributed by atoms with E-state index in [0.717, 1.165) is 0 Å². The van der Waals surface area contributed by atoms with E-state index in [1.54, 1.807) is 0 Å². The van der Waals surface area contributed by atoms with Crippen LogP contribution in [-0.2, 0) is 11.3 Å². The first-order valence-electron chi connectivity index (χ1n) is 6.36. The van der Waals surface area contributed by atoms with Crippen LogP contribution in [0.25, 0.3) is 0 Å². The summed E-state index contributed by atoms with van der Waals surface area (Å²) in [5.74, 6) is -1.08. The Bertz CT molecular complexity index is 745. The number of benzene rings is 1. The first-order chi connectivity index (χ1) is 10.6. The molecule has 2 amide bonds. The van der Waals surface area contributed by atoms with Crippen molar-refractivity contribution in [2.45, 2.75) is 6.54 Å². The van der Waals surface area contributed by atoms with E-state index in [-0.39, 0.29) is 36.5 Å². The molecule has 0 atom stereocenters. The molecule has 2 heterocycles. The van der Waals surface area contributed by atoms with E-state index < -0.39 is 11.7 Å². The molecule has 1 aromatic heterocycles. The molecule has 0 fully saturated rings. The maximum Gasteiger partial charge on any atom is 0.292 e. The maximum absolute atomic E-state index is 13.4. The molecule has 0 aliphatic carbocycles. The number of amides is 2. The molecule has 0 unspecified atom stereocenters. The predicted molar refractivity (Wildman–Crippen MR) is 70.8 cm³/mol. The standard InChI is InChI=1S/C13H11FN4O4/c1-15-13(20)12-16-10(22-17-12)5-18-8-4-7(14)2-3-9(8)21-6-11(18)19/h2-4H,5-6H2,1H3,(H,15,20). The maximum atomic E-state index is 13.4. The minimum absolute atomic E-state index is 0.0593. The predicted octanol–water partition coefficient (Wildman–Crippen LogP) is 0.494. The summed E-state index contributed by atoms with van der Waals surface area (Å²) in [7, 11) is 1.43. The molecule has 0 radical (unpaired) electrons. The quantitative estimate of drug-likeness (QED) is 0.886. The van der Waals surface area contributed by atoms with Crippen molar-refractivity contribution in [1.29, 1.82) is 0 Å². The first-order valence-corrected chi connectivity index (χ1v) is 6.36. The van der Waals surface area contributed by atoms with Crippen LogP contribution in [0.2, 0.25) is 0 Å². The molecule has 1 aromatic carbocycles. The Morgan fingerprint density at radius 1 is 1.50 bits per heavy atom. The van der Waals surface area contributed by atoms with Crippen LogP contribution in [0.5, 0.6) is 5.75 Å². The number of ether oxygens (including phenoxy) is 1. The number of carbonyl (C=O) groups excluding carboxylic acids is 2. The van der Waals surface area contributed by atoms with Crippen molar-refractivity contribution in [2.75, 3.05) is 18.6 Å². The second kappa shape index (κ2) is 5.43. The van der Waals surface area contributed by atoms with Crippen LogP contribution >= 0.6 is 0 Å². The summed E-state index contributed by atoms with van der Waals surface area (Å²) in [4.78, 5) is 28.5. The molecular weight excluding hydrogens is 295 g/mol. The van der Waals surface area contributed by atoms with Crippen molar-refractivity contribution in [3.63, 3.8) is 0 Å². The summed E-state index contributed by atoms with van der Waals surface area (Å²) in [5, 5.41) is 5.87. The highest BCUT2D eigenvalue weighted by atomic mass is 19.1. The monoisotopic (exact) mass is 306 g/mol. The SMILES string of the molecule is CNC(=O)c1noc(CN2C(=O)COc3ccc(F)cc32)n1. The lowest BCUT2D eigenvalue weighted by atomic mass is 10.2. The van der Waals surface area contributed by atoms with E-state index in [4.69, 9.17) is 9.26 Å². The molecule has 9 heteroatoms. The zero-order valence-electron chi connectivity index (χ0n) is 11.5. The van der Waals surface area contributed by atoms with Gasteiger partial charge in [0.15, 0.2) is 6.61 Å². The number of nitrogens with one attached hydrogen (secondary N) is 1. The van der Waals surface area contributed by atoms with Gasteiger partial charge in [0.1, 0.15) is 18.1 Å². The fourth-order valence-electron chi connectivity index (χ4n) is 2.01. The third kappa shape index (κ3) is 2.48. The van der Waals surface area contributed by atoms with Crippen LogP contribution in [0, 0.1) is 5.82 Å². The number of hydrogen-bond donors (Lipinski definition) is 1. The molecule has 0 bridgehead atoms. The number of fused-ring (bicyclic) bond motifs is 1. The summed E-state index contributed by atoms with van der Waals surface area (Å²) >= 11 is 0. The molecule has 0 spiro atoms. The van der Waals surface area contributed by atoms with Crippen molar-refractivity contribution < 1.29 is 23.2 Å². The van der Waals surface area contributed by atoms with Crippen molar-refractivity contribution in [3.05, 3.63) is 35.7 Å². The van der Waals surface area contributed by atoms with Crippen LogP contribution < -0.4 is 15.0 Å². The second-order valence-electron chi connectivity index (χ2n) is 4.47. The van der Waals surface area contributed by atoms with Gasteiger partial charge in [-0.05, 0) is 12.1 Å². The van der Waals surface area contributed by atoms with Gasteiger partial charge in [0, 0.05) is 13.1 Å². The van der Waals surface area contributed by atoms with Crippen molar-refractivity contribution in [3.8, 4) is 5.75 Å². The van der Waals surface area contributed by atoms with Gasteiger partial charge in [-0.1, -0.05) is 5.16 Å². The Kier molecular flexibility index (Phi) is 3.45. The number of hydrogen-bond acceptors (Lipinski definition) is 6. The van der Waals surface area contributed by atoms with Crippen LogP contribution in [0.4, 0.5) is 10.1 Å². The van der Waals surface area contributed by atoms with E-state index in [0.29, 0.717) is 5.75 Å². The minimum Gasteiger partial charge on any atom is -0.482 e. The molecule has 1 N–H and O–H groups in total. The van der Waals surface area contributed by atoms with Gasteiger partial charge in [-0.2, -0.15) is 4.98 Å². The molecule has 0 saturated carbocycles. The van der Waals surface area contributed by atoms with Gasteiger partial charge < -0.3 is 14.6 Å². The van der Waals surface area contributed by atoms with Gasteiger partial charge in [0.2, 0.25) is 5.89 Å². The molecule has 8 nitrogen and oxygen atoms in total. The van der Waals surface area contributed by atoms with Gasteiger partial charge in [-0.15, -0.1) is 0 Å². The summed E-state index contributed by atoms with van der Waals surface area (Å²) in [6.45, 7) is -0.252. The molecular formula is C13H11FN4O4. The topological polar surface area (TPSA) is 97.6 Å². The zero-order chi connectivity index (χ0) is 15.7. The van der Waals surface area contributed by atoms with Crippen molar-refractivity contribution in [2.24, 2.45) is 0 Å². The lowest BCUT2D eigenvalue weighted by molar-refractivity contribution is -0.121. The Labute approximate surface area is 123 Å². The largest absolute Gasteiger partial charge is 0.482 e. The van der Waals surface area contributed by atoms with Gasteiger partial charge in [-0.3, -0.25) is 14.5 Å². The number of aromatic nitrogens is 2. The van der Waals surface area contributed by atoms with E-state index in [1.807, 2.05) is 0 Å². The van der Waals surface area contributed by atoms with Gasteiger partial charge >= 0.3 is 0 Å². The molecule has 0 saturated heterocycles. The number of carbonyl (C=O) groups is 2. The molecule has 3 rings (SSSR count). The number of nitrogens with zero attached hydrogens (tertiary/aromatic N) is 3. The summed E-state index contributed by atoms with van der Waals surface area (Å²) < 4.78 is 23.6. The molecule has 1 aliphatic rings. The van der Waals surface area contributed by atoms with Gasteiger partial charge in [0.05, 0.1) is 5.69 Å². The van der Waals surface area contributed by atoms with Crippen molar-refractivity contribution in [1.82, 2.24) is 15.5 Å². The Morgan fingerprint density at radius 2 is 2.32 bits per heavy atom. The van der Waals surface area contributed by atoms with Gasteiger partial charge in [0.25, 0.3) is 17.6 Å². The third-order valence-electron chi connectivity index (χ3n) is 3.06. The highest BCUT2D eigenvalue weighted by molar-refractivity contribution is 5.97. The molecule has 2 aromatic rings. The van der Waals surface area contributed by atoms with Crippen LogP contribution in [0.15, 0.2) is 22.7 Å². The minimum atomic E-state index is -0.505. The highest BCUT2D eigenvalue weighted by Crippen LogP contribution is 2.33. The number of halogens is 1. The smallest absolute Gasteiger partial charge is 0.292 e. The van der Waals surface area contributed by atoms with E-state index in [9.17, 15) is 14.0 Å². The van der Waals surface area contributed by atoms with E-state index in [1.165, 1.54) is 30.1 Å². The Morgan fingerprint density at radius 3 is 3.09 bits per heavy atom. The zero-order valence-corrected chi connectivity index (χ0v) is 11.5. The fraction of sp³-hybridized carbons (Fsp3) is 0.231. The summed E-state index contributed by atoms with van der Waals surface area (Å²) in [6, 6.07) is 3.86. The van der Waals surface area contributed by atoms with E-state index in [2.05, 4.69) is 15.5 Å². The van der Waals surface area contributed by atoms with Crippen LogP contribution in [-0.4, -0.2) is 35.6 Å². The van der Waals surface area contributed by atoms with Crippen molar-refractivity contribution >= 4 is 17.5 Å². The molecule has 114 valence electrons. The Balaban J connectivity index is 1.89. The average molecular weight is 306 g/mol. The Hall–Kier alpha value is -2.97. The summed E-state index contributed by atoms with van der Waals surface area (Å²) in [6.07, 6.45) is 0. The third-order valence-corrected chi connectivity index (χ3v) is 3.06. The normalized spacial score (nSPS) is 13.5. The van der Waals surface area contributed by atoms with Crippen LogP contribution in [0.1, 0.15) is 16.5 Å². The molecule has 1 aliphatic heterocycles. The average Bonchev–Trinajstić information content (AvgIpc) is 2.98. The van der Waals surface area contributed by atoms with E-state index >= 15 is 0 Å².